The van der Waals surface area contributed by atoms with Gasteiger partial charge in [-0.25, -0.2) is 0 Å². The van der Waals surface area contributed by atoms with Gasteiger partial charge in [0.1, 0.15) is 5.15 Å². The Bertz CT molecular complexity index is 712. The molecular weight excluding hydrogens is 270 g/mol. The Labute approximate surface area is 122 Å². The third-order valence-corrected chi connectivity index (χ3v) is 5.18. The third kappa shape index (κ3) is 1.69. The molecule has 0 saturated carbocycles. The van der Waals surface area contributed by atoms with Crippen molar-refractivity contribution in [1.82, 2.24) is 10.3 Å². The van der Waals surface area contributed by atoms with E-state index in [0.29, 0.717) is 24.3 Å². The third-order valence-electron chi connectivity index (χ3n) is 4.85. The number of H-pyrrole nitrogens is 1. The Balaban J connectivity index is 1.82. The lowest BCUT2D eigenvalue weighted by atomic mass is 9.73. The van der Waals surface area contributed by atoms with Crippen molar-refractivity contribution in [2.45, 2.75) is 31.2 Å². The van der Waals surface area contributed by atoms with E-state index in [0.717, 1.165) is 30.1 Å². The predicted octanol–water partition coefficient (Wildman–Crippen LogP) is 3.35. The van der Waals surface area contributed by atoms with Crippen LogP contribution in [0.1, 0.15) is 29.9 Å². The average Bonchev–Trinajstić information content (AvgIpc) is 2.78. The molecule has 102 valence electrons. The molecule has 4 heteroatoms. The van der Waals surface area contributed by atoms with Gasteiger partial charge in [-0.05, 0) is 42.5 Å². The second-order valence-electron chi connectivity index (χ2n) is 5.98. The molecule has 3 nitrogen and oxygen atoms in total. The van der Waals surface area contributed by atoms with Gasteiger partial charge in [-0.3, -0.25) is 0 Å². The first-order valence-corrected chi connectivity index (χ1v) is 7.55. The van der Waals surface area contributed by atoms with Gasteiger partial charge in [0.2, 0.25) is 0 Å². The highest BCUT2D eigenvalue weighted by Gasteiger charge is 2.37. The van der Waals surface area contributed by atoms with Crippen molar-refractivity contribution >= 4 is 22.5 Å². The minimum absolute atomic E-state index is 0.455. The highest BCUT2D eigenvalue weighted by Crippen LogP contribution is 2.44. The van der Waals surface area contributed by atoms with Crippen molar-refractivity contribution in [3.05, 3.63) is 34.5 Å². The number of rotatable bonds is 1. The quantitative estimate of drug-likeness (QED) is 0.844. The van der Waals surface area contributed by atoms with E-state index in [-0.39, 0.29) is 0 Å². The van der Waals surface area contributed by atoms with Crippen molar-refractivity contribution in [3.63, 3.8) is 0 Å². The Morgan fingerprint density at radius 1 is 1.40 bits per heavy atom. The lowest BCUT2D eigenvalue weighted by molar-refractivity contribution is 0.271. The number of piperidine rings is 1. The molecule has 0 amide bonds. The molecule has 1 aromatic carbocycles. The Morgan fingerprint density at radius 3 is 3.15 bits per heavy atom. The predicted molar refractivity (Wildman–Crippen MR) is 79.9 cm³/mol. The van der Waals surface area contributed by atoms with Crippen molar-refractivity contribution in [1.29, 1.82) is 5.26 Å². The van der Waals surface area contributed by atoms with E-state index in [9.17, 15) is 0 Å². The summed E-state index contributed by atoms with van der Waals surface area (Å²) in [4.78, 5) is 3.29. The summed E-state index contributed by atoms with van der Waals surface area (Å²) in [6.45, 7) is 0.947. The second-order valence-corrected chi connectivity index (χ2v) is 6.35. The van der Waals surface area contributed by atoms with Crippen LogP contribution in [0.5, 0.6) is 0 Å². The molecule has 0 radical (unpaired) electrons. The number of nitriles is 1. The van der Waals surface area contributed by atoms with Crippen LogP contribution in [-0.4, -0.2) is 17.6 Å². The fourth-order valence-corrected chi connectivity index (χ4v) is 4.22. The molecule has 1 aliphatic heterocycles. The number of aromatic amines is 1. The van der Waals surface area contributed by atoms with E-state index >= 15 is 0 Å². The lowest BCUT2D eigenvalue weighted by Crippen LogP contribution is -2.46. The van der Waals surface area contributed by atoms with E-state index in [4.69, 9.17) is 16.9 Å². The van der Waals surface area contributed by atoms with Crippen LogP contribution in [0, 0.1) is 17.2 Å². The van der Waals surface area contributed by atoms with Gasteiger partial charge in [0.05, 0.1) is 6.07 Å². The standard InChI is InChI=1S/C16H16ClN3/c17-16-12-7-14-11(6-9(4-5-18)8-19-14)10-2-1-3-13(20-16)15(10)12/h1-3,9,11,14,19-20H,4,6-8H2/t9?,11-,14-/m1/s1. The van der Waals surface area contributed by atoms with Crippen LogP contribution in [0.15, 0.2) is 18.2 Å². The van der Waals surface area contributed by atoms with Crippen LogP contribution < -0.4 is 5.32 Å². The molecule has 0 spiro atoms. The minimum atomic E-state index is 0.455. The molecule has 1 aromatic heterocycles. The van der Waals surface area contributed by atoms with Gasteiger partial charge < -0.3 is 10.3 Å². The molecule has 0 bridgehead atoms. The normalized spacial score (nSPS) is 28.1. The van der Waals surface area contributed by atoms with Crippen molar-refractivity contribution < 1.29 is 0 Å². The van der Waals surface area contributed by atoms with Crippen molar-refractivity contribution in [2.24, 2.45) is 5.92 Å². The van der Waals surface area contributed by atoms with Crippen molar-refractivity contribution in [3.8, 4) is 6.07 Å². The monoisotopic (exact) mass is 285 g/mol. The molecule has 4 rings (SSSR count). The molecule has 3 atom stereocenters. The van der Waals surface area contributed by atoms with Crippen LogP contribution in [0.25, 0.3) is 10.9 Å². The molecule has 2 aliphatic rings. The van der Waals surface area contributed by atoms with Crippen LogP contribution in [0.2, 0.25) is 5.15 Å². The molecule has 1 aliphatic carbocycles. The first-order valence-electron chi connectivity index (χ1n) is 7.17. The molecule has 2 heterocycles. The highest BCUT2D eigenvalue weighted by atomic mass is 35.5. The Morgan fingerprint density at radius 2 is 2.30 bits per heavy atom. The number of halogens is 1. The van der Waals surface area contributed by atoms with Gasteiger partial charge in [0.15, 0.2) is 0 Å². The average molecular weight is 286 g/mol. The van der Waals surface area contributed by atoms with E-state index in [1.807, 2.05) is 0 Å². The second kappa shape index (κ2) is 4.51. The van der Waals surface area contributed by atoms with Gasteiger partial charge in [-0.1, -0.05) is 23.7 Å². The molecule has 2 aromatic rings. The molecule has 20 heavy (non-hydrogen) atoms. The summed E-state index contributed by atoms with van der Waals surface area (Å²) < 4.78 is 0. The van der Waals surface area contributed by atoms with E-state index < -0.39 is 0 Å². The first-order chi connectivity index (χ1) is 9.78. The molecule has 1 saturated heterocycles. The largest absolute Gasteiger partial charge is 0.345 e. The fourth-order valence-electron chi connectivity index (χ4n) is 3.94. The number of hydrogen-bond acceptors (Lipinski definition) is 2. The van der Waals surface area contributed by atoms with E-state index in [1.165, 1.54) is 16.5 Å². The fraction of sp³-hybridized carbons (Fsp3) is 0.438. The summed E-state index contributed by atoms with van der Waals surface area (Å²) in [5.41, 5.74) is 3.79. The minimum Gasteiger partial charge on any atom is -0.345 e. The summed E-state index contributed by atoms with van der Waals surface area (Å²) in [6.07, 6.45) is 2.74. The zero-order valence-electron chi connectivity index (χ0n) is 11.1. The SMILES string of the molecule is N#CCC1CN[C@@H]2Cc3c(Cl)[nH]c4cccc(c34)[C@H]2C1. The van der Waals surface area contributed by atoms with E-state index in [1.54, 1.807) is 0 Å². The first kappa shape index (κ1) is 12.3. The van der Waals surface area contributed by atoms with Crippen LogP contribution in [0.4, 0.5) is 0 Å². The van der Waals surface area contributed by atoms with Gasteiger partial charge in [-0.2, -0.15) is 5.26 Å². The summed E-state index contributed by atoms with van der Waals surface area (Å²) >= 11 is 6.36. The molecule has 1 unspecified atom stereocenters. The van der Waals surface area contributed by atoms with Crippen LogP contribution >= 0.6 is 11.6 Å². The van der Waals surface area contributed by atoms with Crippen LogP contribution in [-0.2, 0) is 6.42 Å². The number of nitrogens with one attached hydrogen (secondary N) is 2. The highest BCUT2D eigenvalue weighted by molar-refractivity contribution is 6.32. The number of aromatic nitrogens is 1. The number of fused-ring (bicyclic) bond motifs is 2. The molecule has 2 N–H and O–H groups in total. The smallest absolute Gasteiger partial charge is 0.110 e. The number of nitrogens with zero attached hydrogens (tertiary/aromatic N) is 1. The topological polar surface area (TPSA) is 51.6 Å². The Hall–Kier alpha value is -1.50. The van der Waals surface area contributed by atoms with Gasteiger partial charge in [0, 0.05) is 29.3 Å². The van der Waals surface area contributed by atoms with E-state index in [2.05, 4.69) is 34.6 Å². The summed E-state index contributed by atoms with van der Waals surface area (Å²) in [5.74, 6) is 0.970. The molecular formula is C16H16ClN3. The molecule has 1 fully saturated rings. The zero-order valence-corrected chi connectivity index (χ0v) is 11.9. The van der Waals surface area contributed by atoms with Gasteiger partial charge in [-0.15, -0.1) is 0 Å². The summed E-state index contributed by atoms with van der Waals surface area (Å²) in [5, 5.41) is 14.7. The summed E-state index contributed by atoms with van der Waals surface area (Å²) in [7, 11) is 0. The maximum absolute atomic E-state index is 8.93. The Kier molecular flexibility index (Phi) is 2.76. The number of benzene rings is 1. The summed E-state index contributed by atoms with van der Waals surface area (Å²) in [6, 6.07) is 9.19. The maximum Gasteiger partial charge on any atom is 0.110 e. The zero-order chi connectivity index (χ0) is 13.7. The van der Waals surface area contributed by atoms with Gasteiger partial charge >= 0.3 is 0 Å². The lowest BCUT2D eigenvalue weighted by Gasteiger charge is -2.40. The van der Waals surface area contributed by atoms with Crippen molar-refractivity contribution in [2.75, 3.05) is 6.54 Å². The maximum atomic E-state index is 8.93. The van der Waals surface area contributed by atoms with Gasteiger partial charge in [0.25, 0.3) is 0 Å². The number of hydrogen-bond donors (Lipinski definition) is 2. The van der Waals surface area contributed by atoms with Crippen LogP contribution in [0.3, 0.4) is 0 Å².